The minimum atomic E-state index is -4.62. The highest BCUT2D eigenvalue weighted by atomic mass is 19.4. The van der Waals surface area contributed by atoms with Crippen LogP contribution in [0.5, 0.6) is 5.75 Å². The Kier molecular flexibility index (Phi) is 5.44. The first-order chi connectivity index (χ1) is 16.0. The average Bonchev–Trinajstić information content (AvgIpc) is 3.32. The van der Waals surface area contributed by atoms with Crippen LogP contribution in [0.4, 0.5) is 38.0 Å². The molecule has 2 aliphatic carbocycles. The van der Waals surface area contributed by atoms with E-state index in [1.54, 1.807) is 4.90 Å². The summed E-state index contributed by atoms with van der Waals surface area (Å²) in [6, 6.07) is 3.44. The third-order valence-electron chi connectivity index (χ3n) is 6.52. The lowest BCUT2D eigenvalue weighted by molar-refractivity contribution is -0.130. The minimum Gasteiger partial charge on any atom is -0.487 e. The number of rotatable bonds is 6. The summed E-state index contributed by atoms with van der Waals surface area (Å²) in [6.45, 7) is 1.11. The lowest BCUT2D eigenvalue weighted by atomic mass is 10.2. The van der Waals surface area contributed by atoms with Gasteiger partial charge in [0.2, 0.25) is 0 Å². The van der Waals surface area contributed by atoms with Crippen LogP contribution < -0.4 is 15.0 Å². The van der Waals surface area contributed by atoms with Crippen molar-refractivity contribution >= 4 is 17.6 Å². The van der Waals surface area contributed by atoms with Gasteiger partial charge in [0.25, 0.3) is 17.8 Å². The summed E-state index contributed by atoms with van der Waals surface area (Å²) in [7, 11) is 0. The van der Waals surface area contributed by atoms with Crippen LogP contribution in [0.15, 0.2) is 22.6 Å². The van der Waals surface area contributed by atoms with Gasteiger partial charge in [0, 0.05) is 36.7 Å². The molecule has 2 saturated carbocycles. The van der Waals surface area contributed by atoms with Gasteiger partial charge in [-0.3, -0.25) is 4.79 Å². The first-order valence-corrected chi connectivity index (χ1v) is 11.0. The number of alkyl halides is 5. The number of nitrogens with zero attached hydrogens (tertiary/aromatic N) is 2. The van der Waals surface area contributed by atoms with Crippen LogP contribution in [-0.2, 0) is 6.42 Å². The molecule has 0 spiro atoms. The molecule has 1 N–H and O–H groups in total. The first-order valence-electron chi connectivity index (χ1n) is 11.0. The van der Waals surface area contributed by atoms with Crippen molar-refractivity contribution in [2.24, 2.45) is 11.8 Å². The quantitative estimate of drug-likeness (QED) is 0.566. The van der Waals surface area contributed by atoms with Crippen molar-refractivity contribution in [2.45, 2.75) is 50.3 Å². The van der Waals surface area contributed by atoms with E-state index in [9.17, 15) is 31.1 Å². The fourth-order valence-corrected chi connectivity index (χ4v) is 4.77. The Morgan fingerprint density at radius 1 is 1.21 bits per heavy atom. The second-order valence-corrected chi connectivity index (χ2v) is 8.95. The van der Waals surface area contributed by atoms with Gasteiger partial charge in [-0.1, -0.05) is 0 Å². The zero-order valence-electron chi connectivity index (χ0n) is 17.8. The number of hydrogen-bond donors (Lipinski definition) is 1. The van der Waals surface area contributed by atoms with Gasteiger partial charge >= 0.3 is 6.18 Å². The van der Waals surface area contributed by atoms with Gasteiger partial charge < -0.3 is 19.4 Å². The van der Waals surface area contributed by atoms with Crippen molar-refractivity contribution in [3.05, 3.63) is 35.5 Å². The molecule has 1 aliphatic heterocycles. The number of anilines is 2. The molecule has 3 aliphatic rings. The number of benzene rings is 1. The highest BCUT2D eigenvalue weighted by molar-refractivity contribution is 6.03. The molecule has 2 aromatic rings. The molecule has 2 unspecified atom stereocenters. The van der Waals surface area contributed by atoms with Crippen LogP contribution in [0.25, 0.3) is 0 Å². The maximum absolute atomic E-state index is 14.5. The smallest absolute Gasteiger partial charge is 0.396 e. The molecular weight excluding hydrogens is 468 g/mol. The molecule has 0 radical (unpaired) electrons. The summed E-state index contributed by atoms with van der Waals surface area (Å²) in [4.78, 5) is 18.3. The fourth-order valence-electron chi connectivity index (χ4n) is 4.77. The number of ether oxygens (including phenoxy) is 1. The highest BCUT2D eigenvalue weighted by Crippen LogP contribution is 2.64. The lowest BCUT2D eigenvalue weighted by Gasteiger charge is -2.17. The van der Waals surface area contributed by atoms with E-state index >= 15 is 0 Å². The summed E-state index contributed by atoms with van der Waals surface area (Å²) in [6.07, 6.45) is -4.67. The zero-order chi connectivity index (χ0) is 24.3. The Labute approximate surface area is 190 Å². The van der Waals surface area contributed by atoms with E-state index in [2.05, 4.69) is 10.3 Å². The average molecular weight is 489 g/mol. The van der Waals surface area contributed by atoms with Crippen molar-refractivity contribution in [2.75, 3.05) is 23.3 Å². The molecule has 6 nitrogen and oxygen atoms in total. The number of carbonyl (C=O) groups excluding carboxylic acids is 1. The van der Waals surface area contributed by atoms with Crippen molar-refractivity contribution in [3.8, 4) is 5.75 Å². The molecule has 12 heteroatoms. The van der Waals surface area contributed by atoms with Crippen molar-refractivity contribution in [3.63, 3.8) is 0 Å². The number of carbonyl (C=O) groups is 1. The number of hydrogen-bond acceptors (Lipinski definition) is 5. The number of amides is 1. The fraction of sp³-hybridized carbons (Fsp3) is 0.545. The van der Waals surface area contributed by atoms with Crippen LogP contribution in [-0.4, -0.2) is 42.2 Å². The Hall–Kier alpha value is -2.92. The largest absolute Gasteiger partial charge is 0.487 e. The molecule has 5 rings (SSSR count). The van der Waals surface area contributed by atoms with Gasteiger partial charge in [0.1, 0.15) is 12.2 Å². The first kappa shape index (κ1) is 22.9. The third-order valence-corrected chi connectivity index (χ3v) is 6.52. The number of aromatic nitrogens is 1. The van der Waals surface area contributed by atoms with Gasteiger partial charge in [0.05, 0.1) is 6.10 Å². The van der Waals surface area contributed by atoms with E-state index in [-0.39, 0.29) is 30.3 Å². The van der Waals surface area contributed by atoms with E-state index in [4.69, 9.17) is 9.15 Å². The van der Waals surface area contributed by atoms with E-state index in [0.717, 1.165) is 18.9 Å². The maximum atomic E-state index is 14.5. The zero-order valence-corrected chi connectivity index (χ0v) is 17.8. The Bertz CT molecular complexity index is 1080. The molecule has 1 amide bonds. The predicted octanol–water partition coefficient (Wildman–Crippen LogP) is 5.19. The third kappa shape index (κ3) is 4.41. The summed E-state index contributed by atoms with van der Waals surface area (Å²) in [5, 5.41) is 2.33. The summed E-state index contributed by atoms with van der Waals surface area (Å²) in [5.74, 6) is -6.69. The van der Waals surface area contributed by atoms with Gasteiger partial charge in [-0.25, -0.2) is 13.2 Å². The molecule has 184 valence electrons. The van der Waals surface area contributed by atoms with Crippen LogP contribution >= 0.6 is 0 Å². The lowest BCUT2D eigenvalue weighted by Crippen LogP contribution is -2.20. The van der Waals surface area contributed by atoms with Crippen LogP contribution in [0.1, 0.15) is 41.9 Å². The second kappa shape index (κ2) is 8.09. The SMILES string of the molecule is O=C(Nc1ccc(OC2CC3C(C2)C3(F)F)c(F)c1)c1nc(N2CCCC2)oc1CC(F)(F)F. The number of fused-ring (bicyclic) bond motifs is 1. The van der Waals surface area contributed by atoms with E-state index in [1.165, 1.54) is 12.1 Å². The molecule has 1 saturated heterocycles. The van der Waals surface area contributed by atoms with Crippen LogP contribution in [0, 0.1) is 17.7 Å². The van der Waals surface area contributed by atoms with E-state index in [0.29, 0.717) is 13.1 Å². The molecule has 2 atom stereocenters. The normalized spacial score (nSPS) is 25.4. The van der Waals surface area contributed by atoms with Gasteiger partial charge in [0.15, 0.2) is 17.3 Å². The van der Waals surface area contributed by atoms with Crippen molar-refractivity contribution in [1.29, 1.82) is 0 Å². The van der Waals surface area contributed by atoms with Crippen molar-refractivity contribution < 1.29 is 40.3 Å². The van der Waals surface area contributed by atoms with Gasteiger partial charge in [-0.2, -0.15) is 18.2 Å². The number of nitrogens with one attached hydrogen (secondary N) is 1. The molecule has 0 bridgehead atoms. The Morgan fingerprint density at radius 2 is 1.88 bits per heavy atom. The molecule has 2 heterocycles. The Morgan fingerprint density at radius 3 is 2.50 bits per heavy atom. The minimum absolute atomic E-state index is 0.0284. The summed E-state index contributed by atoms with van der Waals surface area (Å²) in [5.41, 5.74) is -0.551. The standard InChI is InChI=1S/C22H21F6N3O3/c23-15-7-11(3-4-16(15)33-12-8-13-14(9-12)22(13,27)28)29-19(32)18-17(10-21(24,25)26)34-20(30-18)31-5-1-2-6-31/h3-4,7,12-14H,1-2,5-6,8-10H2,(H,29,32). The number of halogens is 6. The molecule has 3 fully saturated rings. The molecular formula is C22H21F6N3O3. The van der Waals surface area contributed by atoms with Crippen LogP contribution in [0.3, 0.4) is 0 Å². The number of oxazole rings is 1. The molecule has 1 aromatic heterocycles. The summed E-state index contributed by atoms with van der Waals surface area (Å²) < 4.78 is 90.9. The summed E-state index contributed by atoms with van der Waals surface area (Å²) >= 11 is 0. The predicted molar refractivity (Wildman–Crippen MR) is 108 cm³/mol. The van der Waals surface area contributed by atoms with Gasteiger partial charge in [-0.15, -0.1) is 0 Å². The van der Waals surface area contributed by atoms with E-state index in [1.807, 2.05) is 0 Å². The Balaban J connectivity index is 1.28. The highest BCUT2D eigenvalue weighted by Gasteiger charge is 2.72. The van der Waals surface area contributed by atoms with Crippen LogP contribution in [0.2, 0.25) is 0 Å². The topological polar surface area (TPSA) is 67.6 Å². The maximum Gasteiger partial charge on any atom is 0.396 e. The molecule has 1 aromatic carbocycles. The van der Waals surface area contributed by atoms with Crippen molar-refractivity contribution in [1.82, 2.24) is 4.98 Å². The molecule has 34 heavy (non-hydrogen) atoms. The van der Waals surface area contributed by atoms with E-state index < -0.39 is 59.6 Å². The second-order valence-electron chi connectivity index (χ2n) is 8.95. The van der Waals surface area contributed by atoms with Gasteiger partial charge in [-0.05, 0) is 37.8 Å². The monoisotopic (exact) mass is 489 g/mol.